The minimum atomic E-state index is -0.324. The first kappa shape index (κ1) is 22.0. The summed E-state index contributed by atoms with van der Waals surface area (Å²) in [5, 5.41) is 3.53. The van der Waals surface area contributed by atoms with Gasteiger partial charge in [0, 0.05) is 24.0 Å². The van der Waals surface area contributed by atoms with Crippen LogP contribution in [0.2, 0.25) is 10.0 Å². The SMILES string of the molecule is CCCN(CC(=O)Nc1cc(Cl)ccc1Cl)C(=O)C(C)CN.Cl. The Bertz CT molecular complexity index is 541. The van der Waals surface area contributed by atoms with Gasteiger partial charge in [-0.3, -0.25) is 9.59 Å². The van der Waals surface area contributed by atoms with E-state index in [9.17, 15) is 9.59 Å². The van der Waals surface area contributed by atoms with Crippen LogP contribution < -0.4 is 11.1 Å². The summed E-state index contributed by atoms with van der Waals surface area (Å²) in [6.45, 7) is 4.40. The molecule has 0 saturated carbocycles. The minimum Gasteiger partial charge on any atom is -0.333 e. The molecule has 0 fully saturated rings. The molecule has 1 atom stereocenters. The predicted molar refractivity (Wildman–Crippen MR) is 97.4 cm³/mol. The molecule has 23 heavy (non-hydrogen) atoms. The van der Waals surface area contributed by atoms with Crippen LogP contribution in [-0.4, -0.2) is 36.3 Å². The second-order valence-electron chi connectivity index (χ2n) is 5.07. The molecule has 130 valence electrons. The lowest BCUT2D eigenvalue weighted by Gasteiger charge is -2.24. The van der Waals surface area contributed by atoms with Gasteiger partial charge in [0.25, 0.3) is 0 Å². The highest BCUT2D eigenvalue weighted by atomic mass is 35.5. The van der Waals surface area contributed by atoms with Gasteiger partial charge >= 0.3 is 0 Å². The number of carbonyl (C=O) groups excluding carboxylic acids is 2. The zero-order valence-electron chi connectivity index (χ0n) is 13.1. The van der Waals surface area contributed by atoms with Crippen molar-refractivity contribution >= 4 is 53.1 Å². The molecule has 1 aromatic carbocycles. The average Bonchev–Trinajstić information content (AvgIpc) is 2.49. The lowest BCUT2D eigenvalue weighted by atomic mass is 10.1. The highest BCUT2D eigenvalue weighted by Crippen LogP contribution is 2.25. The van der Waals surface area contributed by atoms with Crippen molar-refractivity contribution in [2.45, 2.75) is 20.3 Å². The van der Waals surface area contributed by atoms with Crippen molar-refractivity contribution in [1.82, 2.24) is 4.90 Å². The first-order chi connectivity index (χ1) is 10.4. The molecule has 0 bridgehead atoms. The van der Waals surface area contributed by atoms with Gasteiger partial charge < -0.3 is 16.0 Å². The Labute approximate surface area is 152 Å². The quantitative estimate of drug-likeness (QED) is 0.760. The minimum absolute atomic E-state index is 0. The van der Waals surface area contributed by atoms with Crippen LogP contribution in [-0.2, 0) is 9.59 Å². The molecule has 0 spiro atoms. The highest BCUT2D eigenvalue weighted by Gasteiger charge is 2.21. The molecule has 5 nitrogen and oxygen atoms in total. The predicted octanol–water partition coefficient (Wildman–Crippen LogP) is 3.19. The van der Waals surface area contributed by atoms with Crippen LogP contribution in [0.3, 0.4) is 0 Å². The molecule has 0 radical (unpaired) electrons. The molecule has 1 rings (SSSR count). The molecule has 0 aliphatic heterocycles. The Morgan fingerprint density at radius 3 is 2.57 bits per heavy atom. The molecule has 3 N–H and O–H groups in total. The van der Waals surface area contributed by atoms with Crippen LogP contribution in [0, 0.1) is 5.92 Å². The van der Waals surface area contributed by atoms with Gasteiger partial charge in [-0.15, -0.1) is 12.4 Å². The van der Waals surface area contributed by atoms with Crippen LogP contribution in [0.5, 0.6) is 0 Å². The van der Waals surface area contributed by atoms with E-state index in [-0.39, 0.29) is 43.2 Å². The zero-order valence-corrected chi connectivity index (χ0v) is 15.5. The zero-order chi connectivity index (χ0) is 16.7. The first-order valence-corrected chi connectivity index (χ1v) is 7.88. The Morgan fingerprint density at radius 1 is 1.35 bits per heavy atom. The third-order valence-electron chi connectivity index (χ3n) is 3.12. The summed E-state index contributed by atoms with van der Waals surface area (Å²) in [4.78, 5) is 25.8. The van der Waals surface area contributed by atoms with Crippen molar-refractivity contribution < 1.29 is 9.59 Å². The van der Waals surface area contributed by atoms with E-state index in [0.717, 1.165) is 6.42 Å². The van der Waals surface area contributed by atoms with Gasteiger partial charge in [0.15, 0.2) is 0 Å². The maximum atomic E-state index is 12.2. The summed E-state index contributed by atoms with van der Waals surface area (Å²) < 4.78 is 0. The van der Waals surface area contributed by atoms with Crippen LogP contribution in [0.1, 0.15) is 20.3 Å². The van der Waals surface area contributed by atoms with Gasteiger partial charge in [0.1, 0.15) is 0 Å². The summed E-state index contributed by atoms with van der Waals surface area (Å²) >= 11 is 11.9. The second kappa shape index (κ2) is 10.7. The van der Waals surface area contributed by atoms with Crippen molar-refractivity contribution in [3.63, 3.8) is 0 Å². The monoisotopic (exact) mass is 381 g/mol. The van der Waals surface area contributed by atoms with Gasteiger partial charge in [-0.25, -0.2) is 0 Å². The van der Waals surface area contributed by atoms with Gasteiger partial charge in [-0.1, -0.05) is 37.0 Å². The molecule has 2 amide bonds. The lowest BCUT2D eigenvalue weighted by Crippen LogP contribution is -2.42. The summed E-state index contributed by atoms with van der Waals surface area (Å²) in [5.74, 6) is -0.763. The van der Waals surface area contributed by atoms with Crippen LogP contribution >= 0.6 is 35.6 Å². The first-order valence-electron chi connectivity index (χ1n) is 7.12. The number of rotatable bonds is 7. The molecule has 1 aromatic rings. The fraction of sp³-hybridized carbons (Fsp3) is 0.467. The Hall–Kier alpha value is -1.01. The molecule has 8 heteroatoms. The van der Waals surface area contributed by atoms with Crippen LogP contribution in [0.15, 0.2) is 18.2 Å². The fourth-order valence-corrected chi connectivity index (χ4v) is 2.24. The smallest absolute Gasteiger partial charge is 0.244 e. The van der Waals surface area contributed by atoms with E-state index in [4.69, 9.17) is 28.9 Å². The van der Waals surface area contributed by atoms with E-state index < -0.39 is 0 Å². The van der Waals surface area contributed by atoms with E-state index in [2.05, 4.69) is 5.32 Å². The number of hydrogen-bond acceptors (Lipinski definition) is 3. The maximum absolute atomic E-state index is 12.2. The van der Waals surface area contributed by atoms with Gasteiger partial charge in [-0.2, -0.15) is 0 Å². The van der Waals surface area contributed by atoms with E-state index >= 15 is 0 Å². The fourth-order valence-electron chi connectivity index (χ4n) is 1.91. The molecule has 0 heterocycles. The van der Waals surface area contributed by atoms with Crippen LogP contribution in [0.4, 0.5) is 5.69 Å². The number of hydrogen-bond donors (Lipinski definition) is 2. The Morgan fingerprint density at radius 2 is 2.00 bits per heavy atom. The summed E-state index contributed by atoms with van der Waals surface area (Å²) in [7, 11) is 0. The number of nitrogens with one attached hydrogen (secondary N) is 1. The average molecular weight is 383 g/mol. The molecule has 0 aromatic heterocycles. The number of carbonyl (C=O) groups is 2. The van der Waals surface area contributed by atoms with E-state index in [1.165, 1.54) is 4.90 Å². The third-order valence-corrected chi connectivity index (χ3v) is 3.68. The second-order valence-corrected chi connectivity index (χ2v) is 5.91. The Balaban J connectivity index is 0.00000484. The topological polar surface area (TPSA) is 75.4 Å². The number of amides is 2. The number of anilines is 1. The molecular weight excluding hydrogens is 361 g/mol. The lowest BCUT2D eigenvalue weighted by molar-refractivity contribution is -0.137. The third kappa shape index (κ3) is 6.96. The van der Waals surface area contributed by atoms with E-state index in [1.807, 2.05) is 6.92 Å². The van der Waals surface area contributed by atoms with Gasteiger partial charge in [-0.05, 0) is 24.6 Å². The largest absolute Gasteiger partial charge is 0.333 e. The van der Waals surface area contributed by atoms with Crippen molar-refractivity contribution in [2.75, 3.05) is 25.0 Å². The molecule has 0 aliphatic carbocycles. The number of nitrogens with two attached hydrogens (primary N) is 1. The van der Waals surface area contributed by atoms with E-state index in [1.54, 1.807) is 25.1 Å². The summed E-state index contributed by atoms with van der Waals surface area (Å²) in [5.41, 5.74) is 5.94. The van der Waals surface area contributed by atoms with Gasteiger partial charge in [0.05, 0.1) is 17.3 Å². The number of halogens is 3. The number of benzene rings is 1. The summed E-state index contributed by atoms with van der Waals surface area (Å²) in [6, 6.07) is 4.80. The van der Waals surface area contributed by atoms with Crippen molar-refractivity contribution in [2.24, 2.45) is 11.7 Å². The van der Waals surface area contributed by atoms with Crippen molar-refractivity contribution in [1.29, 1.82) is 0 Å². The molecule has 0 saturated heterocycles. The summed E-state index contributed by atoms with van der Waals surface area (Å²) in [6.07, 6.45) is 0.758. The normalized spacial score (nSPS) is 11.3. The molecular formula is C15H22Cl3N3O2. The highest BCUT2D eigenvalue weighted by molar-refractivity contribution is 6.35. The molecule has 0 aliphatic rings. The van der Waals surface area contributed by atoms with Crippen molar-refractivity contribution in [3.8, 4) is 0 Å². The van der Waals surface area contributed by atoms with Gasteiger partial charge in [0.2, 0.25) is 11.8 Å². The number of nitrogens with zero attached hydrogens (tertiary/aromatic N) is 1. The van der Waals surface area contributed by atoms with E-state index in [0.29, 0.717) is 22.3 Å². The Kier molecular flexibility index (Phi) is 10.2. The van der Waals surface area contributed by atoms with Crippen LogP contribution in [0.25, 0.3) is 0 Å². The maximum Gasteiger partial charge on any atom is 0.244 e. The molecule has 1 unspecified atom stereocenters. The standard InChI is InChI=1S/C15H21Cl2N3O2.ClH/c1-3-6-20(15(22)10(2)8-18)9-14(21)19-13-7-11(16)4-5-12(13)17;/h4-5,7,10H,3,6,8-9,18H2,1-2H3,(H,19,21);1H. The van der Waals surface area contributed by atoms with Crippen molar-refractivity contribution in [3.05, 3.63) is 28.2 Å².